The monoisotopic (exact) mass is 357 g/mol. The Kier molecular flexibility index (Phi) is 6.25. The van der Waals surface area contributed by atoms with Crippen LogP contribution in [-0.2, 0) is 4.79 Å². The highest BCUT2D eigenvalue weighted by Gasteiger charge is 2.11. The zero-order chi connectivity index (χ0) is 18.4. The van der Waals surface area contributed by atoms with Crippen LogP contribution in [0.5, 0.6) is 11.5 Å². The molecule has 1 N–H and O–H groups in total. The Hall–Kier alpha value is -2.72. The maximum Gasteiger partial charge on any atom is 0.221 e. The molecule has 0 aliphatic heterocycles. The van der Waals surface area contributed by atoms with Crippen LogP contribution in [0.1, 0.15) is 18.1 Å². The van der Waals surface area contributed by atoms with E-state index >= 15 is 0 Å². The van der Waals surface area contributed by atoms with Crippen molar-refractivity contribution in [3.05, 3.63) is 71.3 Å². The van der Waals surface area contributed by atoms with E-state index in [0.29, 0.717) is 28.0 Å². The summed E-state index contributed by atoms with van der Waals surface area (Å²) in [6, 6.07) is 10.8. The van der Waals surface area contributed by atoms with Crippen molar-refractivity contribution in [2.75, 3.05) is 12.4 Å². The van der Waals surface area contributed by atoms with Crippen LogP contribution in [0.2, 0.25) is 5.02 Å². The van der Waals surface area contributed by atoms with Gasteiger partial charge in [0.15, 0.2) is 0 Å². The minimum Gasteiger partial charge on any atom is -0.497 e. The summed E-state index contributed by atoms with van der Waals surface area (Å²) in [5.41, 5.74) is 2.46. The summed E-state index contributed by atoms with van der Waals surface area (Å²) in [6.07, 6.45) is 3.40. The predicted molar refractivity (Wildman–Crippen MR) is 102 cm³/mol. The van der Waals surface area contributed by atoms with Crippen LogP contribution in [0.25, 0.3) is 5.76 Å². The Morgan fingerprint density at radius 1 is 1.20 bits per heavy atom. The van der Waals surface area contributed by atoms with Gasteiger partial charge >= 0.3 is 0 Å². The fourth-order valence-electron chi connectivity index (χ4n) is 2.30. The molecule has 130 valence electrons. The van der Waals surface area contributed by atoms with Gasteiger partial charge in [-0.15, -0.1) is 0 Å². The molecule has 1 amide bonds. The van der Waals surface area contributed by atoms with Crippen LogP contribution >= 0.6 is 11.6 Å². The van der Waals surface area contributed by atoms with Crippen molar-refractivity contribution in [1.82, 2.24) is 0 Å². The largest absolute Gasteiger partial charge is 0.497 e. The van der Waals surface area contributed by atoms with E-state index in [0.717, 1.165) is 11.1 Å². The van der Waals surface area contributed by atoms with Crippen LogP contribution in [0.15, 0.2) is 55.1 Å². The van der Waals surface area contributed by atoms with Crippen molar-refractivity contribution >= 4 is 29.0 Å². The number of benzene rings is 2. The molecule has 0 spiro atoms. The SMILES string of the molecule is C=C/C=C(/Oc1cc(NC(C)=O)cc(OC)c1)c1cc(Cl)ccc1C. The molecule has 2 aromatic rings. The van der Waals surface area contributed by atoms with Crippen LogP contribution in [0, 0.1) is 6.92 Å². The fourth-order valence-corrected chi connectivity index (χ4v) is 2.47. The summed E-state index contributed by atoms with van der Waals surface area (Å²) in [7, 11) is 1.55. The van der Waals surface area contributed by atoms with E-state index in [-0.39, 0.29) is 5.91 Å². The Morgan fingerprint density at radius 2 is 1.92 bits per heavy atom. The topological polar surface area (TPSA) is 47.6 Å². The van der Waals surface area contributed by atoms with Crippen LogP contribution in [-0.4, -0.2) is 13.0 Å². The molecule has 0 heterocycles. The summed E-state index contributed by atoms with van der Waals surface area (Å²) in [6.45, 7) is 7.15. The van der Waals surface area contributed by atoms with Gasteiger partial charge in [-0.25, -0.2) is 0 Å². The lowest BCUT2D eigenvalue weighted by Gasteiger charge is -2.15. The summed E-state index contributed by atoms with van der Waals surface area (Å²) >= 11 is 6.12. The third kappa shape index (κ3) is 5.13. The highest BCUT2D eigenvalue weighted by molar-refractivity contribution is 6.30. The number of anilines is 1. The lowest BCUT2D eigenvalue weighted by molar-refractivity contribution is -0.114. The molecule has 0 aromatic heterocycles. The number of carbonyl (C=O) groups is 1. The Morgan fingerprint density at radius 3 is 2.56 bits per heavy atom. The molecule has 0 saturated heterocycles. The molecular weight excluding hydrogens is 338 g/mol. The smallest absolute Gasteiger partial charge is 0.221 e. The third-order valence-electron chi connectivity index (χ3n) is 3.40. The molecule has 2 aromatic carbocycles. The number of methoxy groups -OCH3 is 1. The zero-order valence-corrected chi connectivity index (χ0v) is 15.2. The summed E-state index contributed by atoms with van der Waals surface area (Å²) in [4.78, 5) is 11.3. The van der Waals surface area contributed by atoms with Gasteiger partial charge in [-0.2, -0.15) is 0 Å². The number of hydrogen-bond acceptors (Lipinski definition) is 3. The number of ether oxygens (including phenoxy) is 2. The van der Waals surface area contributed by atoms with Crippen LogP contribution < -0.4 is 14.8 Å². The minimum atomic E-state index is -0.174. The molecule has 0 saturated carbocycles. The second-order valence-corrected chi connectivity index (χ2v) is 5.84. The van der Waals surface area contributed by atoms with Crippen molar-refractivity contribution in [1.29, 1.82) is 0 Å². The van der Waals surface area contributed by atoms with E-state index in [1.54, 1.807) is 37.5 Å². The van der Waals surface area contributed by atoms with E-state index < -0.39 is 0 Å². The molecule has 0 radical (unpaired) electrons. The maximum absolute atomic E-state index is 11.3. The Balaban J connectivity index is 2.43. The van der Waals surface area contributed by atoms with Gasteiger partial charge in [-0.3, -0.25) is 4.79 Å². The number of carbonyl (C=O) groups excluding carboxylic acids is 1. The quantitative estimate of drug-likeness (QED) is 0.569. The van der Waals surface area contributed by atoms with Crippen molar-refractivity contribution < 1.29 is 14.3 Å². The van der Waals surface area contributed by atoms with E-state index in [1.165, 1.54) is 6.92 Å². The van der Waals surface area contributed by atoms with Gasteiger partial charge in [0.1, 0.15) is 17.3 Å². The van der Waals surface area contributed by atoms with Crippen LogP contribution in [0.3, 0.4) is 0 Å². The maximum atomic E-state index is 11.3. The Labute approximate surface area is 152 Å². The average molecular weight is 358 g/mol. The third-order valence-corrected chi connectivity index (χ3v) is 3.63. The number of amides is 1. The summed E-state index contributed by atoms with van der Waals surface area (Å²) in [5.74, 6) is 1.52. The first kappa shape index (κ1) is 18.6. The molecule has 0 unspecified atom stereocenters. The molecule has 2 rings (SSSR count). The average Bonchev–Trinajstić information content (AvgIpc) is 2.56. The van der Waals surface area contributed by atoms with Crippen molar-refractivity contribution in [3.8, 4) is 11.5 Å². The number of hydrogen-bond donors (Lipinski definition) is 1. The highest BCUT2D eigenvalue weighted by atomic mass is 35.5. The zero-order valence-electron chi connectivity index (χ0n) is 14.4. The van der Waals surface area contributed by atoms with E-state index in [9.17, 15) is 4.79 Å². The normalized spacial score (nSPS) is 11.0. The lowest BCUT2D eigenvalue weighted by atomic mass is 10.1. The first-order valence-corrected chi connectivity index (χ1v) is 8.04. The number of allylic oxidation sites excluding steroid dienone is 2. The molecule has 5 heteroatoms. The first-order chi connectivity index (χ1) is 11.9. The second-order valence-electron chi connectivity index (χ2n) is 5.41. The standard InChI is InChI=1S/C20H20ClNO3/c1-5-6-20(19-9-15(21)8-7-13(19)2)25-18-11-16(22-14(3)23)10-17(12-18)24-4/h5-12H,1H2,2-4H3,(H,22,23)/b20-6+. The lowest BCUT2D eigenvalue weighted by Crippen LogP contribution is -2.06. The summed E-state index contributed by atoms with van der Waals surface area (Å²) in [5, 5.41) is 3.34. The van der Waals surface area contributed by atoms with Crippen molar-refractivity contribution in [2.24, 2.45) is 0 Å². The molecular formula is C20H20ClNO3. The minimum absolute atomic E-state index is 0.174. The second kappa shape index (κ2) is 8.40. The van der Waals surface area contributed by atoms with Gasteiger partial charge in [0.25, 0.3) is 0 Å². The molecule has 0 bridgehead atoms. The molecule has 25 heavy (non-hydrogen) atoms. The van der Waals surface area contributed by atoms with Gasteiger partial charge in [0, 0.05) is 41.4 Å². The van der Waals surface area contributed by atoms with E-state index in [1.807, 2.05) is 25.1 Å². The fraction of sp³-hybridized carbons (Fsp3) is 0.150. The predicted octanol–water partition coefficient (Wildman–Crippen LogP) is 5.22. The van der Waals surface area contributed by atoms with Crippen LogP contribution in [0.4, 0.5) is 5.69 Å². The number of aryl methyl sites for hydroxylation is 1. The van der Waals surface area contributed by atoms with Gasteiger partial charge in [0.2, 0.25) is 5.91 Å². The molecule has 0 aliphatic carbocycles. The van der Waals surface area contributed by atoms with Crippen molar-refractivity contribution in [2.45, 2.75) is 13.8 Å². The number of nitrogens with one attached hydrogen (secondary N) is 1. The molecule has 0 aliphatic rings. The summed E-state index contributed by atoms with van der Waals surface area (Å²) < 4.78 is 11.3. The van der Waals surface area contributed by atoms with Gasteiger partial charge in [-0.1, -0.05) is 30.3 Å². The van der Waals surface area contributed by atoms with Gasteiger partial charge in [-0.05, 0) is 30.7 Å². The van der Waals surface area contributed by atoms with Gasteiger partial charge < -0.3 is 14.8 Å². The van der Waals surface area contributed by atoms with Gasteiger partial charge in [0.05, 0.1) is 7.11 Å². The number of halogens is 1. The Bertz CT molecular complexity index is 828. The number of rotatable bonds is 6. The van der Waals surface area contributed by atoms with Crippen molar-refractivity contribution in [3.63, 3.8) is 0 Å². The van der Waals surface area contributed by atoms with E-state index in [2.05, 4.69) is 11.9 Å². The van der Waals surface area contributed by atoms with E-state index in [4.69, 9.17) is 21.1 Å². The highest BCUT2D eigenvalue weighted by Crippen LogP contribution is 2.31. The molecule has 0 fully saturated rings. The molecule has 4 nitrogen and oxygen atoms in total. The first-order valence-electron chi connectivity index (χ1n) is 7.66. The molecule has 0 atom stereocenters.